The molecule has 3 rings (SSSR count). The molecule has 26 heavy (non-hydrogen) atoms. The van der Waals surface area contributed by atoms with Gasteiger partial charge in [-0.3, -0.25) is 4.79 Å². The van der Waals surface area contributed by atoms with Gasteiger partial charge in [0.05, 0.1) is 11.4 Å². The molecule has 0 radical (unpaired) electrons. The largest absolute Gasteiger partial charge is 0.339 e. The Hall–Kier alpha value is -1.70. The highest BCUT2D eigenvalue weighted by atomic mass is 32.2. The van der Waals surface area contributed by atoms with Gasteiger partial charge in [-0.15, -0.1) is 11.3 Å². The SMILES string of the molecule is Cc1ccsc1CN(C)C(=O)C1CCCCN1S(=O)(=O)c1ccccc1. The van der Waals surface area contributed by atoms with Gasteiger partial charge in [-0.25, -0.2) is 8.42 Å². The van der Waals surface area contributed by atoms with Gasteiger partial charge in [0.2, 0.25) is 15.9 Å². The van der Waals surface area contributed by atoms with Crippen molar-refractivity contribution >= 4 is 27.3 Å². The van der Waals surface area contributed by atoms with Gasteiger partial charge in [0.25, 0.3) is 0 Å². The van der Waals surface area contributed by atoms with Crippen LogP contribution in [0.4, 0.5) is 0 Å². The molecule has 1 aromatic carbocycles. The lowest BCUT2D eigenvalue weighted by Crippen LogP contribution is -2.51. The summed E-state index contributed by atoms with van der Waals surface area (Å²) in [6.45, 7) is 2.93. The van der Waals surface area contributed by atoms with Crippen molar-refractivity contribution in [2.24, 2.45) is 0 Å². The van der Waals surface area contributed by atoms with Crippen LogP contribution in [0.2, 0.25) is 0 Å². The fourth-order valence-corrected chi connectivity index (χ4v) is 5.91. The predicted octanol–water partition coefficient (Wildman–Crippen LogP) is 3.26. The number of sulfonamides is 1. The summed E-state index contributed by atoms with van der Waals surface area (Å²) in [7, 11) is -1.92. The molecule has 0 spiro atoms. The van der Waals surface area contributed by atoms with E-state index in [4.69, 9.17) is 0 Å². The lowest BCUT2D eigenvalue weighted by molar-refractivity contribution is -0.135. The van der Waals surface area contributed by atoms with Crippen molar-refractivity contribution in [3.8, 4) is 0 Å². The van der Waals surface area contributed by atoms with Gasteiger partial charge < -0.3 is 4.90 Å². The summed E-state index contributed by atoms with van der Waals surface area (Å²) in [5, 5.41) is 2.01. The van der Waals surface area contributed by atoms with E-state index in [1.807, 2.05) is 18.4 Å². The first kappa shape index (κ1) is 19.1. The van der Waals surface area contributed by atoms with Crippen molar-refractivity contribution in [3.05, 3.63) is 52.2 Å². The Labute approximate surface area is 159 Å². The maximum absolute atomic E-state index is 13.1. The summed E-state index contributed by atoms with van der Waals surface area (Å²) in [5.74, 6) is -0.128. The maximum Gasteiger partial charge on any atom is 0.243 e. The summed E-state index contributed by atoms with van der Waals surface area (Å²) in [4.78, 5) is 16.1. The van der Waals surface area contributed by atoms with E-state index < -0.39 is 16.1 Å². The number of piperidine rings is 1. The quantitative estimate of drug-likeness (QED) is 0.785. The molecule has 1 aliphatic heterocycles. The number of nitrogens with zero attached hydrogens (tertiary/aromatic N) is 2. The minimum absolute atomic E-state index is 0.128. The van der Waals surface area contributed by atoms with Crippen LogP contribution in [0.3, 0.4) is 0 Å². The fourth-order valence-electron chi connectivity index (χ4n) is 3.28. The van der Waals surface area contributed by atoms with Gasteiger partial charge in [-0.1, -0.05) is 24.6 Å². The second kappa shape index (κ2) is 7.90. The minimum Gasteiger partial charge on any atom is -0.339 e. The highest BCUT2D eigenvalue weighted by Crippen LogP contribution is 2.27. The van der Waals surface area contributed by atoms with Crippen molar-refractivity contribution in [3.63, 3.8) is 0 Å². The summed E-state index contributed by atoms with van der Waals surface area (Å²) in [5.41, 5.74) is 1.16. The van der Waals surface area contributed by atoms with Gasteiger partial charge in [0, 0.05) is 18.5 Å². The van der Waals surface area contributed by atoms with Crippen LogP contribution in [0.5, 0.6) is 0 Å². The fraction of sp³-hybridized carbons (Fsp3) is 0.421. The van der Waals surface area contributed by atoms with E-state index in [1.54, 1.807) is 53.6 Å². The number of benzene rings is 1. The molecule has 7 heteroatoms. The lowest BCUT2D eigenvalue weighted by Gasteiger charge is -2.35. The van der Waals surface area contributed by atoms with Gasteiger partial charge >= 0.3 is 0 Å². The molecule has 140 valence electrons. The van der Waals surface area contributed by atoms with Crippen molar-refractivity contribution < 1.29 is 13.2 Å². The molecular formula is C19H24N2O3S2. The van der Waals surface area contributed by atoms with E-state index in [1.165, 1.54) is 4.31 Å². The Morgan fingerprint density at radius 2 is 1.96 bits per heavy atom. The number of rotatable bonds is 5. The molecule has 1 fully saturated rings. The summed E-state index contributed by atoms with van der Waals surface area (Å²) >= 11 is 1.62. The van der Waals surface area contributed by atoms with E-state index in [-0.39, 0.29) is 10.8 Å². The Kier molecular flexibility index (Phi) is 5.79. The van der Waals surface area contributed by atoms with Crippen LogP contribution in [0.1, 0.15) is 29.7 Å². The molecule has 0 aliphatic carbocycles. The van der Waals surface area contributed by atoms with E-state index in [0.29, 0.717) is 19.5 Å². The number of carbonyl (C=O) groups is 1. The van der Waals surface area contributed by atoms with Crippen molar-refractivity contribution in [2.45, 2.75) is 43.7 Å². The highest BCUT2D eigenvalue weighted by molar-refractivity contribution is 7.89. The molecule has 0 saturated carbocycles. The molecule has 0 bridgehead atoms. The molecule has 5 nitrogen and oxygen atoms in total. The van der Waals surface area contributed by atoms with E-state index in [0.717, 1.165) is 23.3 Å². The second-order valence-corrected chi connectivity index (χ2v) is 9.55. The van der Waals surface area contributed by atoms with Gasteiger partial charge in [-0.05, 0) is 48.9 Å². The number of hydrogen-bond donors (Lipinski definition) is 0. The normalized spacial score (nSPS) is 18.6. The predicted molar refractivity (Wildman–Crippen MR) is 104 cm³/mol. The van der Waals surface area contributed by atoms with Gasteiger partial charge in [0.1, 0.15) is 6.04 Å². The number of aryl methyl sites for hydroxylation is 1. The zero-order chi connectivity index (χ0) is 18.7. The third kappa shape index (κ3) is 3.84. The molecule has 2 heterocycles. The zero-order valence-corrected chi connectivity index (χ0v) is 16.7. The van der Waals surface area contributed by atoms with Gasteiger partial charge in [0.15, 0.2) is 0 Å². The molecular weight excluding hydrogens is 368 g/mol. The van der Waals surface area contributed by atoms with E-state index in [2.05, 4.69) is 0 Å². The lowest BCUT2D eigenvalue weighted by atomic mass is 10.0. The first-order valence-corrected chi connectivity index (χ1v) is 11.1. The topological polar surface area (TPSA) is 57.7 Å². The molecule has 0 N–H and O–H groups in total. The molecule has 1 unspecified atom stereocenters. The number of hydrogen-bond acceptors (Lipinski definition) is 4. The molecule has 2 aromatic rings. The Bertz CT molecular complexity index is 862. The molecule has 1 aliphatic rings. The van der Waals surface area contributed by atoms with Crippen molar-refractivity contribution in [1.29, 1.82) is 0 Å². The molecule has 1 aromatic heterocycles. The Morgan fingerprint density at radius 3 is 2.62 bits per heavy atom. The number of amides is 1. The Balaban J connectivity index is 1.82. The number of thiophene rings is 1. The van der Waals surface area contributed by atoms with Crippen LogP contribution in [0.25, 0.3) is 0 Å². The first-order chi connectivity index (χ1) is 12.4. The average molecular weight is 393 g/mol. The second-order valence-electron chi connectivity index (χ2n) is 6.66. The van der Waals surface area contributed by atoms with E-state index in [9.17, 15) is 13.2 Å². The van der Waals surface area contributed by atoms with Gasteiger partial charge in [-0.2, -0.15) is 4.31 Å². The molecule has 1 atom stereocenters. The standard InChI is InChI=1S/C19H24N2O3S2/c1-15-11-13-25-18(15)14-20(2)19(22)17-10-6-7-12-21(17)26(23,24)16-8-4-3-5-9-16/h3-5,8-9,11,13,17H,6-7,10,12,14H2,1-2H3. The highest BCUT2D eigenvalue weighted by Gasteiger charge is 2.38. The third-order valence-corrected chi connectivity index (χ3v) is 7.74. The molecule has 1 saturated heterocycles. The van der Waals surface area contributed by atoms with Crippen LogP contribution >= 0.6 is 11.3 Å². The van der Waals surface area contributed by atoms with Crippen LogP contribution in [0.15, 0.2) is 46.7 Å². The molecule has 1 amide bonds. The summed E-state index contributed by atoms with van der Waals surface area (Å²) in [6.07, 6.45) is 2.21. The van der Waals surface area contributed by atoms with E-state index >= 15 is 0 Å². The smallest absolute Gasteiger partial charge is 0.243 e. The summed E-state index contributed by atoms with van der Waals surface area (Å²) < 4.78 is 27.5. The minimum atomic E-state index is -3.67. The first-order valence-electron chi connectivity index (χ1n) is 8.76. The van der Waals surface area contributed by atoms with Crippen LogP contribution in [0, 0.1) is 6.92 Å². The number of carbonyl (C=O) groups excluding carboxylic acids is 1. The Morgan fingerprint density at radius 1 is 1.23 bits per heavy atom. The average Bonchev–Trinajstić information content (AvgIpc) is 3.06. The summed E-state index contributed by atoms with van der Waals surface area (Å²) in [6, 6.07) is 9.78. The third-order valence-electron chi connectivity index (χ3n) is 4.81. The monoisotopic (exact) mass is 392 g/mol. The van der Waals surface area contributed by atoms with Crippen LogP contribution in [-0.4, -0.2) is 43.2 Å². The number of likely N-dealkylation sites (N-methyl/N-ethyl adjacent to an activating group) is 1. The maximum atomic E-state index is 13.1. The van der Waals surface area contributed by atoms with Crippen LogP contribution in [-0.2, 0) is 21.4 Å². The van der Waals surface area contributed by atoms with Crippen molar-refractivity contribution in [1.82, 2.24) is 9.21 Å². The zero-order valence-electron chi connectivity index (χ0n) is 15.1. The van der Waals surface area contributed by atoms with Crippen molar-refractivity contribution in [2.75, 3.05) is 13.6 Å². The van der Waals surface area contributed by atoms with Crippen LogP contribution < -0.4 is 0 Å².